The quantitative estimate of drug-likeness (QED) is 0.531. The molecule has 0 heterocycles. The summed E-state index contributed by atoms with van der Waals surface area (Å²) in [4.78, 5) is 0. The van der Waals surface area contributed by atoms with Crippen LogP contribution in [-0.4, -0.2) is 0 Å². The molecule has 0 unspecified atom stereocenters. The molecule has 0 aliphatic heterocycles. The molecule has 0 amide bonds. The van der Waals surface area contributed by atoms with Crippen LogP contribution in [0.15, 0.2) is 0 Å². The second-order valence-corrected chi connectivity index (χ2v) is 0.468. The summed E-state index contributed by atoms with van der Waals surface area (Å²) >= 11 is -0.550. The fourth-order valence-corrected chi connectivity index (χ4v) is 0. The van der Waals surface area contributed by atoms with E-state index in [1.54, 1.807) is 0 Å². The predicted octanol–water partition coefficient (Wildman–Crippen LogP) is 0.591. The fourth-order valence-electron chi connectivity index (χ4n) is 0. The van der Waals surface area contributed by atoms with Crippen LogP contribution < -0.4 is 0 Å². The fraction of sp³-hybridized carbons (Fsp3) is 0. The first-order valence-electron chi connectivity index (χ1n) is 0.316. The second-order valence-electron chi connectivity index (χ2n) is 0.0791. The van der Waals surface area contributed by atoms with Gasteiger partial charge in [0.25, 0.3) is 0 Å². The Hall–Kier alpha value is 0.756. The Morgan fingerprint density at radius 2 is 1.25 bits per heavy atom. The Bertz CT molecular complexity index is 27.0. The average molecular weight is 195 g/mol. The second kappa shape index (κ2) is 9.25. The molecular formula is H2N2NiPd. The van der Waals surface area contributed by atoms with E-state index in [1.165, 1.54) is 0 Å². The zero-order valence-electron chi connectivity index (χ0n) is 1.63. The molecule has 0 atom stereocenters. The van der Waals surface area contributed by atoms with Crippen LogP contribution in [0.3, 0.4) is 0 Å². The Morgan fingerprint density at radius 3 is 1.25 bits per heavy atom. The SMILES string of the molecule is [NH]=[Pd]=[NH].[Ni]. The van der Waals surface area contributed by atoms with Crippen molar-refractivity contribution in [1.82, 2.24) is 0 Å². The van der Waals surface area contributed by atoms with Crippen molar-refractivity contribution in [2.75, 3.05) is 0 Å². The van der Waals surface area contributed by atoms with Gasteiger partial charge in [-0.25, -0.2) is 0 Å². The van der Waals surface area contributed by atoms with Crippen molar-refractivity contribution in [1.29, 1.82) is 7.98 Å². The molecule has 0 saturated heterocycles. The maximum atomic E-state index is 5.92. The van der Waals surface area contributed by atoms with Crippen LogP contribution >= 0.6 is 0 Å². The summed E-state index contributed by atoms with van der Waals surface area (Å²) in [5, 5.41) is 0. The first-order valence-corrected chi connectivity index (χ1v) is 1.87. The van der Waals surface area contributed by atoms with E-state index in [9.17, 15) is 0 Å². The molecule has 32 valence electrons. The molecule has 4 heavy (non-hydrogen) atoms. The Balaban J connectivity index is 0. The zero-order chi connectivity index (χ0) is 2.71. The van der Waals surface area contributed by atoms with Gasteiger partial charge in [-0.15, -0.1) is 0 Å². The van der Waals surface area contributed by atoms with Gasteiger partial charge < -0.3 is 0 Å². The molecule has 0 aromatic heterocycles. The molecule has 0 aliphatic carbocycles. The van der Waals surface area contributed by atoms with Crippen LogP contribution in [0.2, 0.25) is 0 Å². The van der Waals surface area contributed by atoms with E-state index in [1.807, 2.05) is 0 Å². The van der Waals surface area contributed by atoms with Gasteiger partial charge in [0, 0.05) is 16.5 Å². The molecule has 0 spiro atoms. The summed E-state index contributed by atoms with van der Waals surface area (Å²) < 4.78 is 11.8. The zero-order valence-corrected chi connectivity index (χ0v) is 4.17. The van der Waals surface area contributed by atoms with E-state index in [0.29, 0.717) is 0 Å². The Kier molecular flexibility index (Phi) is 20.4. The van der Waals surface area contributed by atoms with Gasteiger partial charge in [-0.1, -0.05) is 0 Å². The third kappa shape index (κ3) is 14.9. The summed E-state index contributed by atoms with van der Waals surface area (Å²) in [5.74, 6) is 0. The minimum atomic E-state index is -0.550. The molecule has 0 fully saturated rings. The predicted molar refractivity (Wildman–Crippen MR) is 5.44 cm³/mol. The molecule has 0 aromatic rings. The van der Waals surface area contributed by atoms with Gasteiger partial charge in [-0.05, 0) is 0 Å². The molecule has 4 heteroatoms. The van der Waals surface area contributed by atoms with Crippen LogP contribution in [0.5, 0.6) is 0 Å². The smallest absolute Gasteiger partial charge is 0 e. The number of hydrogen-bond donors (Lipinski definition) is 2. The van der Waals surface area contributed by atoms with Crippen LogP contribution in [0.4, 0.5) is 0 Å². The third-order valence-corrected chi connectivity index (χ3v) is 0. The van der Waals surface area contributed by atoms with Gasteiger partial charge in [0.05, 0.1) is 0 Å². The van der Waals surface area contributed by atoms with E-state index in [-0.39, 0.29) is 16.5 Å². The minimum absolute atomic E-state index is 0. The largest absolute Gasteiger partial charge is 0 e. The molecule has 0 rings (SSSR count). The molecule has 2 N–H and O–H groups in total. The van der Waals surface area contributed by atoms with Crippen LogP contribution in [0, 0.1) is 7.98 Å². The van der Waals surface area contributed by atoms with Gasteiger partial charge in [-0.3, -0.25) is 0 Å². The summed E-state index contributed by atoms with van der Waals surface area (Å²) in [5.41, 5.74) is 0. The topological polar surface area (TPSA) is 47.7 Å². The maximum Gasteiger partial charge on any atom is 0 e. The summed E-state index contributed by atoms with van der Waals surface area (Å²) in [6.07, 6.45) is 0. The van der Waals surface area contributed by atoms with Crippen LogP contribution in [-0.2, 0) is 34.1 Å². The molecule has 2 nitrogen and oxygen atoms in total. The number of hydrogen-bond acceptors (Lipinski definition) is 2. The van der Waals surface area contributed by atoms with Gasteiger partial charge in [-0.2, -0.15) is 0 Å². The van der Waals surface area contributed by atoms with E-state index < -0.39 is 17.6 Å². The first-order chi connectivity index (χ1) is 1.41. The molecule has 0 saturated carbocycles. The normalized spacial score (nSPS) is 5.00. The van der Waals surface area contributed by atoms with Crippen LogP contribution in [0.25, 0.3) is 0 Å². The Morgan fingerprint density at radius 1 is 1.25 bits per heavy atom. The first kappa shape index (κ1) is 8.83. The summed E-state index contributed by atoms with van der Waals surface area (Å²) in [6.45, 7) is 0. The standard InChI is InChI=1S/2HN.Ni.Pd/h2*1H;;. The van der Waals surface area contributed by atoms with Crippen molar-refractivity contribution in [3.05, 3.63) is 0 Å². The van der Waals surface area contributed by atoms with Crippen molar-refractivity contribution >= 4 is 0 Å². The van der Waals surface area contributed by atoms with Crippen molar-refractivity contribution < 1.29 is 34.1 Å². The van der Waals surface area contributed by atoms with Crippen molar-refractivity contribution in [2.45, 2.75) is 0 Å². The summed E-state index contributed by atoms with van der Waals surface area (Å²) in [7, 11) is 0. The van der Waals surface area contributed by atoms with Crippen molar-refractivity contribution in [3.8, 4) is 0 Å². The third-order valence-electron chi connectivity index (χ3n) is 0. The molecule has 0 aromatic carbocycles. The van der Waals surface area contributed by atoms with Gasteiger partial charge >= 0.3 is 25.6 Å². The molecular weight excluding hydrogens is 193 g/mol. The Labute approximate surface area is 42.3 Å². The maximum absolute atomic E-state index is 5.92. The molecule has 0 bridgehead atoms. The van der Waals surface area contributed by atoms with E-state index in [2.05, 4.69) is 0 Å². The monoisotopic (exact) mass is 194 g/mol. The van der Waals surface area contributed by atoms with Crippen LogP contribution in [0.1, 0.15) is 0 Å². The molecule has 0 radical (unpaired) electrons. The van der Waals surface area contributed by atoms with Gasteiger partial charge in [0.15, 0.2) is 0 Å². The van der Waals surface area contributed by atoms with Gasteiger partial charge in [0.1, 0.15) is 0 Å². The number of nitrogens with one attached hydrogen (secondary N) is 2. The minimum Gasteiger partial charge on any atom is 0 e. The van der Waals surface area contributed by atoms with Crippen molar-refractivity contribution in [2.24, 2.45) is 0 Å². The van der Waals surface area contributed by atoms with E-state index in [4.69, 9.17) is 7.98 Å². The number of rotatable bonds is 0. The molecule has 0 aliphatic rings. The van der Waals surface area contributed by atoms with E-state index >= 15 is 0 Å². The van der Waals surface area contributed by atoms with Crippen molar-refractivity contribution in [3.63, 3.8) is 0 Å². The summed E-state index contributed by atoms with van der Waals surface area (Å²) in [6, 6.07) is 0. The van der Waals surface area contributed by atoms with Gasteiger partial charge in [0.2, 0.25) is 0 Å². The van der Waals surface area contributed by atoms with E-state index in [0.717, 1.165) is 0 Å². The average Bonchev–Trinajstić information content (AvgIpc) is 0.918.